The molecule has 2 rings (SSSR count). The topological polar surface area (TPSA) is 29.5 Å². The predicted molar refractivity (Wildman–Crippen MR) is 82.9 cm³/mol. The molecule has 0 aromatic heterocycles. The number of benzene rings is 2. The molecule has 0 saturated carbocycles. The minimum atomic E-state index is -0.356. The van der Waals surface area contributed by atoms with Crippen molar-refractivity contribution >= 4 is 11.8 Å². The van der Waals surface area contributed by atoms with Crippen LogP contribution in [0.5, 0.6) is 5.75 Å². The molecule has 0 radical (unpaired) electrons. The van der Waals surface area contributed by atoms with Gasteiger partial charge in [0.2, 0.25) is 0 Å². The summed E-state index contributed by atoms with van der Waals surface area (Å²) in [5.41, 5.74) is 1.32. The van der Waals surface area contributed by atoms with E-state index in [9.17, 15) is 4.39 Å². The summed E-state index contributed by atoms with van der Waals surface area (Å²) in [6.45, 7) is 0.0429. The SMILES string of the molecule is CSc1ccc(OCc2ccc(F)cc2C#CCO)cc1. The number of hydrogen-bond donors (Lipinski definition) is 1. The Morgan fingerprint density at radius 3 is 2.62 bits per heavy atom. The number of ether oxygens (including phenoxy) is 1. The maximum Gasteiger partial charge on any atom is 0.124 e. The smallest absolute Gasteiger partial charge is 0.124 e. The molecule has 4 heteroatoms. The molecule has 1 N–H and O–H groups in total. The van der Waals surface area contributed by atoms with Gasteiger partial charge in [-0.05, 0) is 42.7 Å². The molecular formula is C17H15FO2S. The Hall–Kier alpha value is -1.96. The number of hydrogen-bond acceptors (Lipinski definition) is 3. The van der Waals surface area contributed by atoms with Crippen molar-refractivity contribution in [2.75, 3.05) is 12.9 Å². The van der Waals surface area contributed by atoms with Gasteiger partial charge in [0.25, 0.3) is 0 Å². The maximum atomic E-state index is 13.2. The molecule has 0 atom stereocenters. The average Bonchev–Trinajstić information content (AvgIpc) is 2.52. The van der Waals surface area contributed by atoms with Crippen molar-refractivity contribution < 1.29 is 14.2 Å². The normalized spacial score (nSPS) is 9.86. The molecule has 0 amide bonds. The second-order valence-electron chi connectivity index (χ2n) is 4.23. The van der Waals surface area contributed by atoms with Crippen molar-refractivity contribution in [1.29, 1.82) is 0 Å². The molecule has 108 valence electrons. The monoisotopic (exact) mass is 302 g/mol. The van der Waals surface area contributed by atoms with Crippen LogP contribution in [0.15, 0.2) is 47.4 Å². The zero-order valence-electron chi connectivity index (χ0n) is 11.6. The van der Waals surface area contributed by atoms with Crippen molar-refractivity contribution in [2.24, 2.45) is 0 Å². The molecule has 2 nitrogen and oxygen atoms in total. The lowest BCUT2D eigenvalue weighted by atomic mass is 10.1. The highest BCUT2D eigenvalue weighted by Gasteiger charge is 2.04. The van der Waals surface area contributed by atoms with Gasteiger partial charge in [-0.2, -0.15) is 0 Å². The Kier molecular flexibility index (Phi) is 5.68. The predicted octanol–water partition coefficient (Wildman–Crippen LogP) is 3.47. The van der Waals surface area contributed by atoms with E-state index < -0.39 is 0 Å². The Bertz CT molecular complexity index is 657. The Morgan fingerprint density at radius 2 is 1.95 bits per heavy atom. The van der Waals surface area contributed by atoms with Gasteiger partial charge < -0.3 is 9.84 Å². The lowest BCUT2D eigenvalue weighted by Gasteiger charge is -2.09. The lowest BCUT2D eigenvalue weighted by Crippen LogP contribution is -1.99. The summed E-state index contributed by atoms with van der Waals surface area (Å²) >= 11 is 1.67. The summed E-state index contributed by atoms with van der Waals surface area (Å²) in [6, 6.07) is 12.1. The fourth-order valence-electron chi connectivity index (χ4n) is 1.76. The van der Waals surface area contributed by atoms with Gasteiger partial charge in [0, 0.05) is 16.0 Å². The van der Waals surface area contributed by atoms with Gasteiger partial charge >= 0.3 is 0 Å². The molecule has 0 heterocycles. The summed E-state index contributed by atoms with van der Waals surface area (Å²) < 4.78 is 18.9. The van der Waals surface area contributed by atoms with Crippen LogP contribution in [0.2, 0.25) is 0 Å². The van der Waals surface area contributed by atoms with E-state index in [2.05, 4.69) is 11.8 Å². The van der Waals surface area contributed by atoms with Crippen molar-refractivity contribution in [2.45, 2.75) is 11.5 Å². The summed E-state index contributed by atoms with van der Waals surface area (Å²) in [7, 11) is 0. The fourth-order valence-corrected chi connectivity index (χ4v) is 2.17. The maximum absolute atomic E-state index is 13.2. The zero-order valence-corrected chi connectivity index (χ0v) is 12.4. The van der Waals surface area contributed by atoms with Gasteiger partial charge in [-0.15, -0.1) is 11.8 Å². The molecule has 0 bridgehead atoms. The first-order valence-corrected chi connectivity index (χ1v) is 7.60. The third-order valence-electron chi connectivity index (χ3n) is 2.83. The highest BCUT2D eigenvalue weighted by Crippen LogP contribution is 2.20. The van der Waals surface area contributed by atoms with Crippen LogP contribution in [-0.4, -0.2) is 18.0 Å². The van der Waals surface area contributed by atoms with Crippen LogP contribution in [0.4, 0.5) is 4.39 Å². The van der Waals surface area contributed by atoms with Crippen LogP contribution in [0.1, 0.15) is 11.1 Å². The quantitative estimate of drug-likeness (QED) is 0.693. The number of aliphatic hydroxyl groups is 1. The second-order valence-corrected chi connectivity index (χ2v) is 5.11. The molecule has 2 aromatic carbocycles. The molecule has 0 aliphatic heterocycles. The van der Waals surface area contributed by atoms with E-state index in [0.29, 0.717) is 12.2 Å². The molecule has 21 heavy (non-hydrogen) atoms. The molecule has 2 aromatic rings. The first-order valence-electron chi connectivity index (χ1n) is 6.38. The minimum Gasteiger partial charge on any atom is -0.489 e. The van der Waals surface area contributed by atoms with Crippen LogP contribution >= 0.6 is 11.8 Å². The first-order chi connectivity index (χ1) is 10.2. The minimum absolute atomic E-state index is 0.257. The Morgan fingerprint density at radius 1 is 1.19 bits per heavy atom. The van der Waals surface area contributed by atoms with Crippen LogP contribution in [0.3, 0.4) is 0 Å². The molecule has 0 spiro atoms. The van der Waals surface area contributed by atoms with Gasteiger partial charge in [-0.1, -0.05) is 17.9 Å². The second kappa shape index (κ2) is 7.72. The van der Waals surface area contributed by atoms with Gasteiger partial charge in [-0.3, -0.25) is 0 Å². The molecular weight excluding hydrogens is 287 g/mol. The van der Waals surface area contributed by atoms with Crippen LogP contribution in [-0.2, 0) is 6.61 Å². The highest BCUT2D eigenvalue weighted by atomic mass is 32.2. The van der Waals surface area contributed by atoms with Crippen molar-refractivity contribution in [3.05, 3.63) is 59.4 Å². The van der Waals surface area contributed by atoms with E-state index in [4.69, 9.17) is 9.84 Å². The first kappa shape index (κ1) is 15.4. The van der Waals surface area contributed by atoms with E-state index in [1.807, 2.05) is 30.5 Å². The Labute approximate surface area is 128 Å². The zero-order chi connectivity index (χ0) is 15.1. The van der Waals surface area contributed by atoms with Crippen molar-refractivity contribution in [3.8, 4) is 17.6 Å². The molecule has 0 saturated heterocycles. The number of thioether (sulfide) groups is 1. The van der Waals surface area contributed by atoms with Crippen LogP contribution in [0.25, 0.3) is 0 Å². The van der Waals surface area contributed by atoms with Gasteiger partial charge in [0.05, 0.1) is 0 Å². The summed E-state index contributed by atoms with van der Waals surface area (Å²) in [5.74, 6) is 5.65. The van der Waals surface area contributed by atoms with Crippen LogP contribution < -0.4 is 4.74 Å². The van der Waals surface area contributed by atoms with Crippen molar-refractivity contribution in [3.63, 3.8) is 0 Å². The van der Waals surface area contributed by atoms with E-state index in [1.54, 1.807) is 17.8 Å². The third kappa shape index (κ3) is 4.52. The largest absolute Gasteiger partial charge is 0.489 e. The summed E-state index contributed by atoms with van der Waals surface area (Å²) in [6.07, 6.45) is 2.01. The van der Waals surface area contributed by atoms with Gasteiger partial charge in [0.15, 0.2) is 0 Å². The number of halogens is 1. The number of rotatable bonds is 4. The van der Waals surface area contributed by atoms with E-state index in [-0.39, 0.29) is 12.4 Å². The molecule has 0 aliphatic carbocycles. The van der Waals surface area contributed by atoms with Gasteiger partial charge in [-0.25, -0.2) is 4.39 Å². The van der Waals surface area contributed by atoms with E-state index in [1.165, 1.54) is 17.0 Å². The van der Waals surface area contributed by atoms with E-state index in [0.717, 1.165) is 11.3 Å². The summed E-state index contributed by atoms with van der Waals surface area (Å²) in [4.78, 5) is 1.17. The Balaban J connectivity index is 2.11. The van der Waals surface area contributed by atoms with Crippen molar-refractivity contribution in [1.82, 2.24) is 0 Å². The molecule has 0 unspecified atom stereocenters. The standard InChI is InChI=1S/C17H15FO2S/c1-21-17-8-6-16(7-9-17)20-12-14-4-5-15(18)11-13(14)3-2-10-19/h4-9,11,19H,10,12H2,1H3. The third-order valence-corrected chi connectivity index (χ3v) is 3.57. The number of aliphatic hydroxyl groups excluding tert-OH is 1. The van der Waals surface area contributed by atoms with E-state index >= 15 is 0 Å². The average molecular weight is 302 g/mol. The fraction of sp³-hybridized carbons (Fsp3) is 0.176. The summed E-state index contributed by atoms with van der Waals surface area (Å²) in [5, 5.41) is 8.74. The highest BCUT2D eigenvalue weighted by molar-refractivity contribution is 7.98. The van der Waals surface area contributed by atoms with Crippen LogP contribution in [0, 0.1) is 17.7 Å². The lowest BCUT2D eigenvalue weighted by molar-refractivity contribution is 0.305. The van der Waals surface area contributed by atoms with Gasteiger partial charge in [0.1, 0.15) is 24.8 Å². The molecule has 0 fully saturated rings. The molecule has 0 aliphatic rings.